The van der Waals surface area contributed by atoms with Crippen molar-refractivity contribution in [2.45, 2.75) is 63.0 Å². The molecule has 9 nitrogen and oxygen atoms in total. The number of fused-ring (bicyclic) bond motifs is 3. The Morgan fingerprint density at radius 3 is 2.80 bits per heavy atom. The van der Waals surface area contributed by atoms with Gasteiger partial charge in [-0.2, -0.15) is 0 Å². The number of anilines is 2. The predicted octanol–water partition coefficient (Wildman–Crippen LogP) is 3.96. The summed E-state index contributed by atoms with van der Waals surface area (Å²) in [6.07, 6.45) is 9.73. The zero-order valence-electron chi connectivity index (χ0n) is 19.7. The lowest BCUT2D eigenvalue weighted by molar-refractivity contribution is -0.118. The van der Waals surface area contributed by atoms with E-state index >= 15 is 0 Å². The number of ether oxygens (including phenoxy) is 2. The van der Waals surface area contributed by atoms with Crippen molar-refractivity contribution in [3.63, 3.8) is 0 Å². The highest BCUT2D eigenvalue weighted by atomic mass is 32.1. The largest absolute Gasteiger partial charge is 0.490 e. The zero-order valence-corrected chi connectivity index (χ0v) is 20.5. The lowest BCUT2D eigenvalue weighted by atomic mass is 9.91. The van der Waals surface area contributed by atoms with Crippen LogP contribution in [-0.2, 0) is 16.0 Å². The van der Waals surface area contributed by atoms with Gasteiger partial charge in [-0.1, -0.05) is 0 Å². The van der Waals surface area contributed by atoms with Gasteiger partial charge in [0, 0.05) is 36.5 Å². The van der Waals surface area contributed by atoms with Crippen molar-refractivity contribution in [2.24, 2.45) is 5.73 Å². The second-order valence-electron chi connectivity index (χ2n) is 9.72. The first-order chi connectivity index (χ1) is 17.1. The molecule has 3 aromatic rings. The predicted molar refractivity (Wildman–Crippen MR) is 133 cm³/mol. The lowest BCUT2D eigenvalue weighted by Gasteiger charge is -2.38. The molecule has 3 aromatic heterocycles. The van der Waals surface area contributed by atoms with E-state index in [9.17, 15) is 4.79 Å². The van der Waals surface area contributed by atoms with Gasteiger partial charge in [0.05, 0.1) is 30.9 Å². The molecule has 35 heavy (non-hydrogen) atoms. The number of hydrogen-bond acceptors (Lipinski definition) is 9. The number of nitrogens with two attached hydrogens (primary N) is 1. The minimum absolute atomic E-state index is 0.130. The van der Waals surface area contributed by atoms with E-state index in [1.54, 1.807) is 17.5 Å². The summed E-state index contributed by atoms with van der Waals surface area (Å²) in [6, 6.07) is 2.58. The van der Waals surface area contributed by atoms with E-state index in [-0.39, 0.29) is 17.9 Å². The summed E-state index contributed by atoms with van der Waals surface area (Å²) in [7, 11) is 0. The average Bonchev–Trinajstić information content (AvgIpc) is 3.58. The van der Waals surface area contributed by atoms with Crippen LogP contribution in [0.2, 0.25) is 0 Å². The smallest absolute Gasteiger partial charge is 0.218 e. The maximum atomic E-state index is 11.8. The molecule has 1 amide bonds. The van der Waals surface area contributed by atoms with Crippen LogP contribution in [0.4, 0.5) is 11.7 Å². The van der Waals surface area contributed by atoms with Crippen LogP contribution in [0.3, 0.4) is 0 Å². The molecule has 1 saturated carbocycles. The van der Waals surface area contributed by atoms with Crippen LogP contribution in [0, 0.1) is 0 Å². The SMILES string of the molecule is NC(=O)C[C@H]1CCc2sc3nc(Nc4cnco4)cc(O[C@H]4CC[C@H](N5CCOCC5)CC4)c3c21. The summed E-state index contributed by atoms with van der Waals surface area (Å²) in [5.41, 5.74) is 6.79. The van der Waals surface area contributed by atoms with Crippen LogP contribution in [0.15, 0.2) is 23.1 Å². The summed E-state index contributed by atoms with van der Waals surface area (Å²) < 4.78 is 17.6. The summed E-state index contributed by atoms with van der Waals surface area (Å²) >= 11 is 1.69. The van der Waals surface area contributed by atoms with Gasteiger partial charge in [0.25, 0.3) is 0 Å². The molecule has 1 aliphatic heterocycles. The van der Waals surface area contributed by atoms with Crippen molar-refractivity contribution in [1.29, 1.82) is 0 Å². The number of primary amides is 1. The van der Waals surface area contributed by atoms with E-state index < -0.39 is 0 Å². The van der Waals surface area contributed by atoms with Gasteiger partial charge in [-0.3, -0.25) is 9.69 Å². The Labute approximate surface area is 208 Å². The van der Waals surface area contributed by atoms with E-state index in [1.807, 2.05) is 6.07 Å². The van der Waals surface area contributed by atoms with Gasteiger partial charge >= 0.3 is 0 Å². The number of aryl methyl sites for hydroxylation is 1. The Morgan fingerprint density at radius 1 is 1.23 bits per heavy atom. The van der Waals surface area contributed by atoms with Crippen molar-refractivity contribution in [3.05, 3.63) is 29.1 Å². The lowest BCUT2D eigenvalue weighted by Crippen LogP contribution is -2.46. The standard InChI is InChI=1S/C25H31N5O4S/c26-20(31)11-15-1-6-19-23(15)24-18(12-21(29-25(24)35-19)28-22-13-27-14-33-22)34-17-4-2-16(3-5-17)30-7-9-32-10-8-30/h12-17H,1-11H2,(H2,26,31)(H,28,29)/t15-,16-,17-/m1/s1. The highest BCUT2D eigenvalue weighted by molar-refractivity contribution is 7.19. The third-order valence-corrected chi connectivity index (χ3v) is 8.66. The number of amides is 1. The fourth-order valence-electron chi connectivity index (χ4n) is 5.86. The van der Waals surface area contributed by atoms with Crippen molar-refractivity contribution in [3.8, 4) is 5.75 Å². The summed E-state index contributed by atoms with van der Waals surface area (Å²) in [5.74, 6) is 1.90. The second-order valence-corrected chi connectivity index (χ2v) is 10.8. The minimum atomic E-state index is -0.261. The molecule has 2 fully saturated rings. The van der Waals surface area contributed by atoms with Crippen LogP contribution < -0.4 is 15.8 Å². The van der Waals surface area contributed by atoms with E-state index in [0.29, 0.717) is 24.2 Å². The van der Waals surface area contributed by atoms with Crippen molar-refractivity contribution >= 4 is 39.2 Å². The van der Waals surface area contributed by atoms with Gasteiger partial charge in [-0.05, 0) is 50.0 Å². The maximum absolute atomic E-state index is 11.8. The number of carbonyl (C=O) groups is 1. The summed E-state index contributed by atoms with van der Waals surface area (Å²) in [6.45, 7) is 3.73. The van der Waals surface area contributed by atoms with Gasteiger partial charge in [0.15, 0.2) is 6.39 Å². The van der Waals surface area contributed by atoms with Gasteiger partial charge in [0.1, 0.15) is 16.4 Å². The molecule has 0 spiro atoms. The van der Waals surface area contributed by atoms with Crippen LogP contribution in [0.5, 0.6) is 5.75 Å². The molecule has 2 aliphatic carbocycles. The van der Waals surface area contributed by atoms with E-state index in [1.165, 1.54) is 16.8 Å². The topological polar surface area (TPSA) is 116 Å². The Hall–Kier alpha value is -2.69. The normalized spacial score (nSPS) is 25.0. The number of nitrogens with zero attached hydrogens (tertiary/aromatic N) is 3. The van der Waals surface area contributed by atoms with Gasteiger partial charge in [-0.25, -0.2) is 9.97 Å². The zero-order chi connectivity index (χ0) is 23.8. The Kier molecular flexibility index (Phi) is 6.34. The van der Waals surface area contributed by atoms with Crippen LogP contribution >= 0.6 is 11.3 Å². The quantitative estimate of drug-likeness (QED) is 0.504. The molecule has 1 atom stereocenters. The van der Waals surface area contributed by atoms with Gasteiger partial charge in [0.2, 0.25) is 11.8 Å². The van der Waals surface area contributed by atoms with E-state index in [2.05, 4.69) is 15.2 Å². The van der Waals surface area contributed by atoms with Crippen LogP contribution in [0.1, 0.15) is 54.9 Å². The highest BCUT2D eigenvalue weighted by Gasteiger charge is 2.33. The Bertz CT molecular complexity index is 1180. The highest BCUT2D eigenvalue weighted by Crippen LogP contribution is 2.49. The average molecular weight is 498 g/mol. The monoisotopic (exact) mass is 497 g/mol. The molecule has 4 heterocycles. The van der Waals surface area contributed by atoms with E-state index in [4.69, 9.17) is 24.6 Å². The Morgan fingerprint density at radius 2 is 2.06 bits per heavy atom. The van der Waals surface area contributed by atoms with E-state index in [0.717, 1.165) is 80.8 Å². The molecular weight excluding hydrogens is 466 g/mol. The number of hydrogen-bond donors (Lipinski definition) is 2. The fourth-order valence-corrected chi connectivity index (χ4v) is 7.15. The first-order valence-corrected chi connectivity index (χ1v) is 13.3. The third-order valence-electron chi connectivity index (χ3n) is 7.50. The van der Waals surface area contributed by atoms with Crippen molar-refractivity contribution < 1.29 is 18.7 Å². The third kappa shape index (κ3) is 4.74. The number of aromatic nitrogens is 2. The molecule has 3 aliphatic rings. The second kappa shape index (κ2) is 9.75. The minimum Gasteiger partial charge on any atom is -0.490 e. The molecular formula is C25H31N5O4S. The van der Waals surface area contributed by atoms with Crippen molar-refractivity contribution in [1.82, 2.24) is 14.9 Å². The molecule has 0 radical (unpaired) electrons. The number of oxazole rings is 1. The molecule has 0 aromatic carbocycles. The maximum Gasteiger partial charge on any atom is 0.218 e. The fraction of sp³-hybridized carbons (Fsp3) is 0.560. The van der Waals surface area contributed by atoms with Crippen molar-refractivity contribution in [2.75, 3.05) is 31.6 Å². The van der Waals surface area contributed by atoms with Gasteiger partial charge in [-0.15, -0.1) is 11.3 Å². The molecule has 10 heteroatoms. The van der Waals surface area contributed by atoms with Gasteiger partial charge < -0.3 is 24.9 Å². The first-order valence-electron chi connectivity index (χ1n) is 12.5. The number of rotatable bonds is 7. The molecule has 0 unspecified atom stereocenters. The summed E-state index contributed by atoms with van der Waals surface area (Å²) in [4.78, 5) is 25.4. The number of pyridine rings is 1. The Balaban J connectivity index is 1.28. The van der Waals surface area contributed by atoms with Crippen LogP contribution in [-0.4, -0.2) is 59.2 Å². The molecule has 1 saturated heterocycles. The number of morpholine rings is 1. The molecule has 3 N–H and O–H groups in total. The molecule has 0 bridgehead atoms. The van der Waals surface area contributed by atoms with Crippen LogP contribution in [0.25, 0.3) is 10.2 Å². The molecule has 186 valence electrons. The molecule has 6 rings (SSSR count). The number of nitrogens with one attached hydrogen (secondary N) is 1. The summed E-state index contributed by atoms with van der Waals surface area (Å²) in [5, 5.41) is 4.25. The first kappa shape index (κ1) is 22.8. The number of thiophene rings is 1. The number of carbonyl (C=O) groups excluding carboxylic acids is 1.